The van der Waals surface area contributed by atoms with Crippen molar-refractivity contribution in [2.45, 2.75) is 6.92 Å². The topological polar surface area (TPSA) is 99.5 Å². The molecule has 3 aromatic carbocycles. The minimum atomic E-state index is -0.336. The quantitative estimate of drug-likeness (QED) is 0.237. The van der Waals surface area contributed by atoms with Crippen LogP contribution in [0.15, 0.2) is 79.0 Å². The number of anilines is 3. The van der Waals surface area contributed by atoms with E-state index in [0.29, 0.717) is 63.9 Å². The third-order valence-corrected chi connectivity index (χ3v) is 5.56. The van der Waals surface area contributed by atoms with E-state index in [0.717, 1.165) is 0 Å². The summed E-state index contributed by atoms with van der Waals surface area (Å²) >= 11 is 0. The molecular formula is C30H28FN5O3. The number of fused-ring (bicyclic) bond motifs is 1. The molecule has 1 heterocycles. The molecule has 4 rings (SSSR count). The van der Waals surface area contributed by atoms with Crippen LogP contribution in [0, 0.1) is 17.1 Å². The third kappa shape index (κ3) is 7.09. The van der Waals surface area contributed by atoms with E-state index < -0.39 is 0 Å². The van der Waals surface area contributed by atoms with Crippen LogP contribution in [-0.2, 0) is 4.79 Å². The molecule has 39 heavy (non-hydrogen) atoms. The normalized spacial score (nSPS) is 11.0. The number of hydrogen-bond donors (Lipinski definition) is 2. The van der Waals surface area contributed by atoms with Crippen molar-refractivity contribution >= 4 is 33.9 Å². The fourth-order valence-corrected chi connectivity index (χ4v) is 3.75. The summed E-state index contributed by atoms with van der Waals surface area (Å²) in [6, 6.07) is 18.6. The third-order valence-electron chi connectivity index (χ3n) is 5.56. The molecule has 1 amide bonds. The highest BCUT2D eigenvalue weighted by atomic mass is 19.1. The Labute approximate surface area is 226 Å². The highest BCUT2D eigenvalue weighted by Crippen LogP contribution is 2.36. The molecule has 4 aromatic rings. The van der Waals surface area contributed by atoms with Gasteiger partial charge in [0.15, 0.2) is 0 Å². The van der Waals surface area contributed by atoms with Gasteiger partial charge in [0.05, 0.1) is 29.1 Å². The number of pyridine rings is 1. The first kappa shape index (κ1) is 27.1. The summed E-state index contributed by atoms with van der Waals surface area (Å²) in [7, 11) is 3.83. The van der Waals surface area contributed by atoms with Crippen molar-refractivity contribution in [3.8, 4) is 23.3 Å². The molecule has 0 atom stereocenters. The lowest BCUT2D eigenvalue weighted by atomic mass is 10.1. The van der Waals surface area contributed by atoms with Crippen molar-refractivity contribution in [1.82, 2.24) is 9.88 Å². The van der Waals surface area contributed by atoms with E-state index in [2.05, 4.69) is 21.7 Å². The predicted molar refractivity (Wildman–Crippen MR) is 150 cm³/mol. The van der Waals surface area contributed by atoms with E-state index in [9.17, 15) is 14.4 Å². The predicted octanol–water partition coefficient (Wildman–Crippen LogP) is 6.24. The molecule has 9 heteroatoms. The Bertz CT molecular complexity index is 1530. The number of hydrogen-bond acceptors (Lipinski definition) is 7. The van der Waals surface area contributed by atoms with Crippen LogP contribution in [-0.4, -0.2) is 43.0 Å². The monoisotopic (exact) mass is 525 g/mol. The summed E-state index contributed by atoms with van der Waals surface area (Å²) in [6.07, 6.45) is 4.73. The first-order valence-electron chi connectivity index (χ1n) is 12.3. The number of benzene rings is 3. The number of likely N-dealkylation sites (N-methyl/N-ethyl adjacent to an activating group) is 1. The van der Waals surface area contributed by atoms with Crippen LogP contribution in [0.1, 0.15) is 12.5 Å². The minimum Gasteiger partial charge on any atom is -0.492 e. The molecule has 8 nitrogen and oxygen atoms in total. The zero-order valence-electron chi connectivity index (χ0n) is 21.9. The van der Waals surface area contributed by atoms with Gasteiger partial charge in [0, 0.05) is 36.0 Å². The average molecular weight is 526 g/mol. The number of amides is 1. The largest absolute Gasteiger partial charge is 0.492 e. The number of ether oxygens (including phenoxy) is 2. The highest BCUT2D eigenvalue weighted by molar-refractivity contribution is 6.04. The maximum Gasteiger partial charge on any atom is 0.248 e. The molecule has 0 unspecified atom stereocenters. The Balaban J connectivity index is 1.64. The van der Waals surface area contributed by atoms with Crippen LogP contribution in [0.25, 0.3) is 10.9 Å². The first-order valence-corrected chi connectivity index (χ1v) is 12.3. The van der Waals surface area contributed by atoms with Gasteiger partial charge in [-0.1, -0.05) is 6.08 Å². The molecule has 0 aliphatic carbocycles. The second kappa shape index (κ2) is 12.5. The molecule has 0 bridgehead atoms. The maximum atomic E-state index is 13.2. The van der Waals surface area contributed by atoms with E-state index >= 15 is 0 Å². The zero-order valence-corrected chi connectivity index (χ0v) is 21.9. The highest BCUT2D eigenvalue weighted by Gasteiger charge is 2.15. The van der Waals surface area contributed by atoms with Crippen molar-refractivity contribution in [3.05, 3.63) is 90.4 Å². The Morgan fingerprint density at radius 1 is 1.10 bits per heavy atom. The molecule has 0 saturated carbocycles. The van der Waals surface area contributed by atoms with Gasteiger partial charge in [-0.25, -0.2) is 4.39 Å². The van der Waals surface area contributed by atoms with E-state index in [-0.39, 0.29) is 11.7 Å². The average Bonchev–Trinajstić information content (AvgIpc) is 2.91. The molecule has 0 aliphatic rings. The smallest absolute Gasteiger partial charge is 0.248 e. The summed E-state index contributed by atoms with van der Waals surface area (Å²) in [5, 5.41) is 16.6. The fourth-order valence-electron chi connectivity index (χ4n) is 3.75. The van der Waals surface area contributed by atoms with Gasteiger partial charge in [-0.05, 0) is 75.6 Å². The van der Waals surface area contributed by atoms with Crippen LogP contribution < -0.4 is 20.1 Å². The minimum absolute atomic E-state index is 0.298. The molecule has 2 N–H and O–H groups in total. The van der Waals surface area contributed by atoms with Gasteiger partial charge in [0.2, 0.25) is 5.91 Å². The van der Waals surface area contributed by atoms with Gasteiger partial charge in [0.25, 0.3) is 0 Å². The summed E-state index contributed by atoms with van der Waals surface area (Å²) < 4.78 is 24.7. The summed E-state index contributed by atoms with van der Waals surface area (Å²) in [5.41, 5.74) is 2.64. The van der Waals surface area contributed by atoms with Gasteiger partial charge in [-0.3, -0.25) is 9.78 Å². The van der Waals surface area contributed by atoms with E-state index in [4.69, 9.17) is 9.47 Å². The number of nitrogens with zero attached hydrogens (tertiary/aromatic N) is 3. The fraction of sp³-hybridized carbons (Fsp3) is 0.167. The molecular weight excluding hydrogens is 497 g/mol. The molecule has 0 saturated heterocycles. The number of nitrogens with one attached hydrogen (secondary N) is 2. The lowest BCUT2D eigenvalue weighted by Crippen LogP contribution is -2.13. The molecule has 0 radical (unpaired) electrons. The van der Waals surface area contributed by atoms with Crippen LogP contribution in [0.2, 0.25) is 0 Å². The number of carbonyl (C=O) groups excluding carboxylic acids is 1. The molecule has 0 aliphatic heterocycles. The lowest BCUT2D eigenvalue weighted by molar-refractivity contribution is -0.111. The number of nitriles is 1. The van der Waals surface area contributed by atoms with Crippen molar-refractivity contribution in [1.29, 1.82) is 5.26 Å². The maximum absolute atomic E-state index is 13.2. The van der Waals surface area contributed by atoms with Gasteiger partial charge in [0.1, 0.15) is 29.1 Å². The molecule has 1 aromatic heterocycles. The summed E-state index contributed by atoms with van der Waals surface area (Å²) in [4.78, 5) is 19.0. The van der Waals surface area contributed by atoms with E-state index in [1.807, 2.05) is 25.9 Å². The van der Waals surface area contributed by atoms with E-state index in [1.165, 1.54) is 24.4 Å². The Morgan fingerprint density at radius 2 is 1.79 bits per heavy atom. The van der Waals surface area contributed by atoms with Crippen molar-refractivity contribution in [2.75, 3.05) is 37.9 Å². The molecule has 198 valence electrons. The van der Waals surface area contributed by atoms with Gasteiger partial charge < -0.3 is 25.0 Å². The zero-order chi connectivity index (χ0) is 27.8. The van der Waals surface area contributed by atoms with Gasteiger partial charge >= 0.3 is 0 Å². The van der Waals surface area contributed by atoms with Gasteiger partial charge in [-0.15, -0.1) is 0 Å². The van der Waals surface area contributed by atoms with Crippen molar-refractivity contribution in [3.63, 3.8) is 0 Å². The molecule has 0 spiro atoms. The van der Waals surface area contributed by atoms with E-state index in [1.54, 1.807) is 54.6 Å². The summed E-state index contributed by atoms with van der Waals surface area (Å²) in [5.74, 6) is 0.926. The van der Waals surface area contributed by atoms with Crippen molar-refractivity contribution in [2.24, 2.45) is 0 Å². The van der Waals surface area contributed by atoms with Crippen molar-refractivity contribution < 1.29 is 18.7 Å². The van der Waals surface area contributed by atoms with Crippen LogP contribution in [0.3, 0.4) is 0 Å². The van der Waals surface area contributed by atoms with Crippen LogP contribution in [0.4, 0.5) is 21.5 Å². The Hall–Kier alpha value is -4.94. The lowest BCUT2D eigenvalue weighted by Gasteiger charge is -2.16. The Kier molecular flexibility index (Phi) is 8.71. The second-order valence-corrected chi connectivity index (χ2v) is 8.82. The number of carbonyl (C=O) groups is 1. The number of halogens is 1. The molecule has 0 fully saturated rings. The Morgan fingerprint density at radius 3 is 2.44 bits per heavy atom. The second-order valence-electron chi connectivity index (χ2n) is 8.82. The standard InChI is InChI=1S/C30H28FN5O3/c1-4-38-28-17-26-25(16-27(28)35-29(37)6-5-15-36(2)3)30(20(18-32)19-33-26)34-22-9-13-24(14-10-22)39-23-11-7-21(31)8-12-23/h5-14,16-17,19H,4,15H2,1-3H3,(H,33,34)(H,35,37)/b6-5+. The number of rotatable bonds is 10. The van der Waals surface area contributed by atoms with Crippen LogP contribution >= 0.6 is 0 Å². The first-order chi connectivity index (χ1) is 18.9. The van der Waals surface area contributed by atoms with Gasteiger partial charge in [-0.2, -0.15) is 5.26 Å². The van der Waals surface area contributed by atoms with Crippen LogP contribution in [0.5, 0.6) is 17.2 Å². The number of aromatic nitrogens is 1. The SMILES string of the molecule is CCOc1cc2ncc(C#N)c(Nc3ccc(Oc4ccc(F)cc4)cc3)c2cc1NC(=O)/C=C/CN(C)C. The summed E-state index contributed by atoms with van der Waals surface area (Å²) in [6.45, 7) is 2.88.